The van der Waals surface area contributed by atoms with E-state index in [1.807, 2.05) is 0 Å². The number of rotatable bonds is 4. The first-order valence-corrected chi connectivity index (χ1v) is 8.25. The van der Waals surface area contributed by atoms with E-state index in [-0.39, 0.29) is 11.9 Å². The molecule has 0 saturated heterocycles. The Balaban J connectivity index is 1.66. The van der Waals surface area contributed by atoms with E-state index in [0.717, 1.165) is 12.8 Å². The quantitative estimate of drug-likeness (QED) is 0.866. The number of benzene rings is 1. The van der Waals surface area contributed by atoms with Crippen LogP contribution in [0.2, 0.25) is 10.0 Å². The summed E-state index contributed by atoms with van der Waals surface area (Å²) in [6.45, 7) is 0. The van der Waals surface area contributed by atoms with E-state index < -0.39 is 0 Å². The standard InChI is InChI=1S/C16H16Cl2N4O/c17-11-6-3-7-12(15(11)18)20-14-9-8-13(21-22-14)16(23)19-10-4-1-2-5-10/h3,6-10H,1-2,4-5H2,(H,19,23)(H,20,22). The minimum Gasteiger partial charge on any atom is -0.348 e. The van der Waals surface area contributed by atoms with Gasteiger partial charge in [0.2, 0.25) is 0 Å². The van der Waals surface area contributed by atoms with Crippen LogP contribution < -0.4 is 10.6 Å². The van der Waals surface area contributed by atoms with E-state index in [0.29, 0.717) is 27.2 Å². The van der Waals surface area contributed by atoms with Gasteiger partial charge in [-0.25, -0.2) is 0 Å². The van der Waals surface area contributed by atoms with E-state index in [4.69, 9.17) is 23.2 Å². The molecule has 1 aliphatic carbocycles. The Morgan fingerprint density at radius 2 is 1.87 bits per heavy atom. The lowest BCUT2D eigenvalue weighted by Gasteiger charge is -2.11. The van der Waals surface area contributed by atoms with Crippen LogP contribution >= 0.6 is 23.2 Å². The van der Waals surface area contributed by atoms with Crippen LogP contribution in [0.1, 0.15) is 36.2 Å². The Bertz CT molecular complexity index is 700. The van der Waals surface area contributed by atoms with Crippen LogP contribution in [0.4, 0.5) is 11.5 Å². The Kier molecular flexibility index (Phi) is 4.98. The third kappa shape index (κ3) is 3.92. The fraction of sp³-hybridized carbons (Fsp3) is 0.312. The molecule has 1 fully saturated rings. The Hall–Kier alpha value is -1.85. The van der Waals surface area contributed by atoms with Crippen molar-refractivity contribution >= 4 is 40.6 Å². The highest BCUT2D eigenvalue weighted by Crippen LogP contribution is 2.31. The van der Waals surface area contributed by atoms with Gasteiger partial charge in [0.05, 0.1) is 15.7 Å². The van der Waals surface area contributed by atoms with E-state index >= 15 is 0 Å². The molecule has 0 spiro atoms. The second-order valence-corrected chi connectivity index (χ2v) is 6.27. The largest absolute Gasteiger partial charge is 0.348 e. The average molecular weight is 351 g/mol. The second kappa shape index (κ2) is 7.15. The Morgan fingerprint density at radius 3 is 2.57 bits per heavy atom. The predicted octanol–water partition coefficient (Wildman–Crippen LogP) is 4.20. The predicted molar refractivity (Wildman–Crippen MR) is 91.5 cm³/mol. The number of carbonyl (C=O) groups excluding carboxylic acids is 1. The van der Waals surface area contributed by atoms with E-state index in [1.54, 1.807) is 30.3 Å². The number of nitrogens with one attached hydrogen (secondary N) is 2. The summed E-state index contributed by atoms with van der Waals surface area (Å²) in [6, 6.07) is 8.86. The van der Waals surface area contributed by atoms with Crippen LogP contribution in [-0.2, 0) is 0 Å². The molecule has 2 N–H and O–H groups in total. The van der Waals surface area contributed by atoms with Crippen molar-refractivity contribution in [2.75, 3.05) is 5.32 Å². The summed E-state index contributed by atoms with van der Waals surface area (Å²) in [6.07, 6.45) is 4.40. The molecule has 0 aliphatic heterocycles. The molecule has 1 saturated carbocycles. The van der Waals surface area contributed by atoms with Gasteiger partial charge in [-0.3, -0.25) is 4.79 Å². The summed E-state index contributed by atoms with van der Waals surface area (Å²) in [7, 11) is 0. The summed E-state index contributed by atoms with van der Waals surface area (Å²) in [5.41, 5.74) is 0.941. The van der Waals surface area contributed by atoms with Gasteiger partial charge in [0.15, 0.2) is 11.5 Å². The zero-order valence-corrected chi connectivity index (χ0v) is 13.9. The number of hydrogen-bond acceptors (Lipinski definition) is 4. The van der Waals surface area contributed by atoms with Gasteiger partial charge in [0.25, 0.3) is 5.91 Å². The SMILES string of the molecule is O=C(NC1CCCC1)c1ccc(Nc2cccc(Cl)c2Cl)nn1. The molecule has 2 aromatic rings. The molecule has 1 amide bonds. The van der Waals surface area contributed by atoms with Crippen molar-refractivity contribution in [3.8, 4) is 0 Å². The third-order valence-corrected chi connectivity index (χ3v) is 4.62. The Labute approximate surface area is 144 Å². The van der Waals surface area contributed by atoms with Crippen molar-refractivity contribution in [2.45, 2.75) is 31.7 Å². The smallest absolute Gasteiger partial charge is 0.272 e. The van der Waals surface area contributed by atoms with Gasteiger partial charge in [-0.1, -0.05) is 42.1 Å². The molecule has 0 atom stereocenters. The van der Waals surface area contributed by atoms with Gasteiger partial charge in [0, 0.05) is 6.04 Å². The van der Waals surface area contributed by atoms with Crippen LogP contribution in [0, 0.1) is 0 Å². The molecule has 1 aromatic heterocycles. The minimum atomic E-state index is -0.184. The molecule has 0 unspecified atom stereocenters. The number of aromatic nitrogens is 2. The highest BCUT2D eigenvalue weighted by atomic mass is 35.5. The molecule has 0 radical (unpaired) electrons. The van der Waals surface area contributed by atoms with Gasteiger partial charge >= 0.3 is 0 Å². The normalized spacial score (nSPS) is 14.7. The first kappa shape index (κ1) is 16.0. The molecular weight excluding hydrogens is 335 g/mol. The van der Waals surface area contributed by atoms with Crippen molar-refractivity contribution in [3.05, 3.63) is 46.1 Å². The third-order valence-electron chi connectivity index (χ3n) is 3.80. The molecule has 5 nitrogen and oxygen atoms in total. The minimum absolute atomic E-state index is 0.184. The van der Waals surface area contributed by atoms with Crippen LogP contribution in [0.5, 0.6) is 0 Å². The van der Waals surface area contributed by atoms with Crippen molar-refractivity contribution in [2.24, 2.45) is 0 Å². The molecule has 1 heterocycles. The fourth-order valence-corrected chi connectivity index (χ4v) is 2.94. The number of hydrogen-bond donors (Lipinski definition) is 2. The zero-order chi connectivity index (χ0) is 16.2. The van der Waals surface area contributed by atoms with Gasteiger partial charge in [-0.2, -0.15) is 0 Å². The maximum Gasteiger partial charge on any atom is 0.272 e. The lowest BCUT2D eigenvalue weighted by atomic mass is 10.2. The van der Waals surface area contributed by atoms with Crippen molar-refractivity contribution in [3.63, 3.8) is 0 Å². The molecule has 1 aromatic carbocycles. The van der Waals surface area contributed by atoms with E-state index in [9.17, 15) is 4.79 Å². The van der Waals surface area contributed by atoms with Crippen LogP contribution in [-0.4, -0.2) is 22.1 Å². The van der Waals surface area contributed by atoms with Gasteiger partial charge in [-0.15, -0.1) is 10.2 Å². The molecular formula is C16H16Cl2N4O. The summed E-state index contributed by atoms with van der Waals surface area (Å²) < 4.78 is 0. The summed E-state index contributed by atoms with van der Waals surface area (Å²) in [5, 5.41) is 14.9. The number of halogens is 2. The van der Waals surface area contributed by atoms with Crippen LogP contribution in [0.3, 0.4) is 0 Å². The van der Waals surface area contributed by atoms with E-state index in [1.165, 1.54) is 12.8 Å². The first-order chi connectivity index (χ1) is 11.1. The molecule has 3 rings (SSSR count). The molecule has 23 heavy (non-hydrogen) atoms. The second-order valence-electron chi connectivity index (χ2n) is 5.49. The summed E-state index contributed by atoms with van der Waals surface area (Å²) in [4.78, 5) is 12.1. The van der Waals surface area contributed by atoms with Gasteiger partial charge in [0.1, 0.15) is 0 Å². The number of anilines is 2. The fourth-order valence-electron chi connectivity index (χ4n) is 2.59. The molecule has 7 heteroatoms. The maximum atomic E-state index is 12.1. The lowest BCUT2D eigenvalue weighted by Crippen LogP contribution is -2.33. The van der Waals surface area contributed by atoms with Crippen molar-refractivity contribution in [1.82, 2.24) is 15.5 Å². The monoisotopic (exact) mass is 350 g/mol. The first-order valence-electron chi connectivity index (χ1n) is 7.49. The average Bonchev–Trinajstić information content (AvgIpc) is 3.05. The Morgan fingerprint density at radius 1 is 1.09 bits per heavy atom. The number of amides is 1. The molecule has 1 aliphatic rings. The highest BCUT2D eigenvalue weighted by Gasteiger charge is 2.18. The molecule has 0 bridgehead atoms. The highest BCUT2D eigenvalue weighted by molar-refractivity contribution is 6.43. The zero-order valence-electron chi connectivity index (χ0n) is 12.4. The maximum absolute atomic E-state index is 12.1. The van der Waals surface area contributed by atoms with E-state index in [2.05, 4.69) is 20.8 Å². The molecule has 120 valence electrons. The van der Waals surface area contributed by atoms with Crippen molar-refractivity contribution in [1.29, 1.82) is 0 Å². The number of nitrogens with zero attached hydrogens (tertiary/aromatic N) is 2. The lowest BCUT2D eigenvalue weighted by molar-refractivity contribution is 0.0932. The summed E-state index contributed by atoms with van der Waals surface area (Å²) >= 11 is 12.1. The summed E-state index contributed by atoms with van der Waals surface area (Å²) in [5.74, 6) is 0.309. The van der Waals surface area contributed by atoms with Crippen LogP contribution in [0.25, 0.3) is 0 Å². The van der Waals surface area contributed by atoms with Crippen LogP contribution in [0.15, 0.2) is 30.3 Å². The van der Waals surface area contributed by atoms with Crippen molar-refractivity contribution < 1.29 is 4.79 Å². The topological polar surface area (TPSA) is 66.9 Å². The van der Waals surface area contributed by atoms with Gasteiger partial charge < -0.3 is 10.6 Å². The van der Waals surface area contributed by atoms with Gasteiger partial charge in [-0.05, 0) is 37.1 Å². The number of carbonyl (C=O) groups is 1.